The molecule has 0 saturated heterocycles. The summed E-state index contributed by atoms with van der Waals surface area (Å²) in [5.74, 6) is 0.339. The molecule has 0 unspecified atom stereocenters. The second kappa shape index (κ2) is 6.89. The number of rotatable bonds is 4. The molecule has 0 aliphatic carbocycles. The number of ether oxygens (including phenoxy) is 1. The van der Waals surface area contributed by atoms with E-state index in [9.17, 15) is 4.79 Å². The normalized spacial score (nSPS) is 11.7. The molecule has 1 amide bonds. The summed E-state index contributed by atoms with van der Waals surface area (Å²) in [7, 11) is 1.56. The van der Waals surface area contributed by atoms with Crippen LogP contribution in [0.25, 0.3) is 0 Å². The highest BCUT2D eigenvalue weighted by Crippen LogP contribution is 2.21. The highest BCUT2D eigenvalue weighted by atomic mass is 16.5. The summed E-state index contributed by atoms with van der Waals surface area (Å²) in [5.41, 5.74) is 4.15. The van der Waals surface area contributed by atoms with Crippen molar-refractivity contribution in [2.75, 3.05) is 7.11 Å². The zero-order valence-electron chi connectivity index (χ0n) is 13.2. The molecule has 1 aromatic carbocycles. The maximum absolute atomic E-state index is 12.2. The van der Waals surface area contributed by atoms with Gasteiger partial charge in [0.05, 0.1) is 25.3 Å². The smallest absolute Gasteiger partial charge is 0.271 e. The van der Waals surface area contributed by atoms with Crippen LogP contribution in [0.2, 0.25) is 0 Å². The molecule has 1 aromatic rings. The fourth-order valence-corrected chi connectivity index (χ4v) is 1.81. The molecule has 0 aromatic heterocycles. The van der Waals surface area contributed by atoms with Gasteiger partial charge >= 0.3 is 0 Å². The third-order valence-corrected chi connectivity index (χ3v) is 3.15. The van der Waals surface area contributed by atoms with E-state index >= 15 is 0 Å². The lowest BCUT2D eigenvalue weighted by Crippen LogP contribution is -2.26. The molecule has 0 radical (unpaired) electrons. The van der Waals surface area contributed by atoms with Crippen molar-refractivity contribution in [2.45, 2.75) is 34.1 Å². The monoisotopic (exact) mass is 287 g/mol. The summed E-state index contributed by atoms with van der Waals surface area (Å²) < 4.78 is 5.20. The lowest BCUT2D eigenvalue weighted by molar-refractivity contribution is 0.0953. The van der Waals surface area contributed by atoms with Crippen molar-refractivity contribution in [3.8, 4) is 11.8 Å². The van der Waals surface area contributed by atoms with Crippen LogP contribution in [-0.2, 0) is 0 Å². The van der Waals surface area contributed by atoms with E-state index in [0.29, 0.717) is 17.0 Å². The zero-order valence-corrected chi connectivity index (χ0v) is 13.2. The Balaban J connectivity index is 2.99. The fourth-order valence-electron chi connectivity index (χ4n) is 1.81. The van der Waals surface area contributed by atoms with E-state index in [4.69, 9.17) is 10.00 Å². The van der Waals surface area contributed by atoms with Gasteiger partial charge in [-0.2, -0.15) is 10.4 Å². The summed E-state index contributed by atoms with van der Waals surface area (Å²) in [4.78, 5) is 12.2. The van der Waals surface area contributed by atoms with Gasteiger partial charge in [-0.15, -0.1) is 0 Å². The van der Waals surface area contributed by atoms with Gasteiger partial charge in [-0.3, -0.25) is 4.79 Å². The van der Waals surface area contributed by atoms with Crippen molar-refractivity contribution in [1.29, 1.82) is 5.26 Å². The molecule has 0 heterocycles. The Kier molecular flexibility index (Phi) is 5.48. The molecule has 0 fully saturated rings. The van der Waals surface area contributed by atoms with Crippen molar-refractivity contribution in [3.05, 3.63) is 29.3 Å². The van der Waals surface area contributed by atoms with E-state index < -0.39 is 0 Å². The number of benzene rings is 1. The fraction of sp³-hybridized carbons (Fsp3) is 0.438. The predicted octanol–water partition coefficient (Wildman–Crippen LogP) is 3.05. The Labute approximate surface area is 125 Å². The van der Waals surface area contributed by atoms with Crippen LogP contribution in [0, 0.1) is 23.7 Å². The lowest BCUT2D eigenvalue weighted by atomic mass is 9.88. The number of nitriles is 1. The number of nitrogens with one attached hydrogen (secondary N) is 1. The average molecular weight is 287 g/mol. The Morgan fingerprint density at radius 1 is 1.43 bits per heavy atom. The van der Waals surface area contributed by atoms with Gasteiger partial charge in [0.15, 0.2) is 0 Å². The van der Waals surface area contributed by atoms with Gasteiger partial charge in [0.2, 0.25) is 0 Å². The molecule has 0 spiro atoms. The van der Waals surface area contributed by atoms with Gasteiger partial charge in [-0.05, 0) is 19.1 Å². The Morgan fingerprint density at radius 3 is 2.62 bits per heavy atom. The van der Waals surface area contributed by atoms with Crippen LogP contribution >= 0.6 is 0 Å². The lowest BCUT2D eigenvalue weighted by Gasteiger charge is -2.19. The number of hydrogen-bond donors (Lipinski definition) is 1. The number of hydrogen-bond acceptors (Lipinski definition) is 4. The van der Waals surface area contributed by atoms with E-state index in [2.05, 4.69) is 16.6 Å². The molecule has 0 aliphatic heterocycles. The molecule has 5 heteroatoms. The van der Waals surface area contributed by atoms with Crippen molar-refractivity contribution >= 4 is 11.6 Å². The van der Waals surface area contributed by atoms with Gasteiger partial charge in [0.1, 0.15) is 5.75 Å². The molecule has 0 aliphatic rings. The van der Waals surface area contributed by atoms with Crippen LogP contribution in [0.5, 0.6) is 5.75 Å². The van der Waals surface area contributed by atoms with Gasteiger partial charge in [-0.25, -0.2) is 5.43 Å². The third-order valence-electron chi connectivity index (χ3n) is 3.15. The highest BCUT2D eigenvalue weighted by molar-refractivity contribution is 5.98. The van der Waals surface area contributed by atoms with E-state index in [1.165, 1.54) is 0 Å². The van der Waals surface area contributed by atoms with Crippen LogP contribution in [0.3, 0.4) is 0 Å². The van der Waals surface area contributed by atoms with E-state index in [1.54, 1.807) is 25.3 Å². The van der Waals surface area contributed by atoms with Crippen molar-refractivity contribution in [3.63, 3.8) is 0 Å². The molecule has 1 N–H and O–H groups in total. The number of carbonyl (C=O) groups is 1. The minimum Gasteiger partial charge on any atom is -0.496 e. The van der Waals surface area contributed by atoms with Crippen LogP contribution in [0.15, 0.2) is 23.3 Å². The van der Waals surface area contributed by atoms with Gasteiger partial charge in [0.25, 0.3) is 5.91 Å². The standard InChI is InChI=1S/C16H21N3O2/c1-11-12(7-6-8-13(11)21-5)15(20)19-18-14(9-10-17)16(2,3)4/h6-8H,9H2,1-5H3,(H,19,20)/b18-14+. The maximum Gasteiger partial charge on any atom is 0.271 e. The van der Waals surface area contributed by atoms with Crippen LogP contribution in [-0.4, -0.2) is 18.7 Å². The minimum atomic E-state index is -0.314. The first kappa shape index (κ1) is 16.7. The Morgan fingerprint density at radius 2 is 2.10 bits per heavy atom. The molecule has 0 atom stereocenters. The number of methoxy groups -OCH3 is 1. The van der Waals surface area contributed by atoms with Crippen molar-refractivity contribution in [1.82, 2.24) is 5.43 Å². The van der Waals surface area contributed by atoms with E-state index in [-0.39, 0.29) is 17.7 Å². The van der Waals surface area contributed by atoms with Gasteiger partial charge < -0.3 is 4.74 Å². The highest BCUT2D eigenvalue weighted by Gasteiger charge is 2.19. The summed E-state index contributed by atoms with van der Waals surface area (Å²) in [6.45, 7) is 7.67. The Bertz CT molecular complexity index is 593. The molecular weight excluding hydrogens is 266 g/mol. The van der Waals surface area contributed by atoms with Crippen molar-refractivity contribution in [2.24, 2.45) is 10.5 Å². The SMILES string of the molecule is COc1cccc(C(=O)N/N=C(\CC#N)C(C)(C)C)c1C. The number of amides is 1. The number of hydrazone groups is 1. The minimum absolute atomic E-state index is 0.181. The van der Waals surface area contributed by atoms with E-state index in [1.807, 2.05) is 27.7 Å². The predicted molar refractivity (Wildman–Crippen MR) is 82.3 cm³/mol. The van der Waals surface area contributed by atoms with Crippen LogP contribution in [0.1, 0.15) is 43.1 Å². The zero-order chi connectivity index (χ0) is 16.0. The molecular formula is C16H21N3O2. The first-order valence-corrected chi connectivity index (χ1v) is 6.69. The molecule has 112 valence electrons. The Hall–Kier alpha value is -2.35. The second-order valence-electron chi connectivity index (χ2n) is 5.72. The molecule has 0 bridgehead atoms. The van der Waals surface area contributed by atoms with Gasteiger partial charge in [0, 0.05) is 16.5 Å². The van der Waals surface area contributed by atoms with Gasteiger partial charge in [-0.1, -0.05) is 26.8 Å². The summed E-state index contributed by atoms with van der Waals surface area (Å²) in [6.07, 6.45) is 0.181. The summed E-state index contributed by atoms with van der Waals surface area (Å²) >= 11 is 0. The van der Waals surface area contributed by atoms with Crippen molar-refractivity contribution < 1.29 is 9.53 Å². The van der Waals surface area contributed by atoms with E-state index in [0.717, 1.165) is 5.56 Å². The molecule has 5 nitrogen and oxygen atoms in total. The second-order valence-corrected chi connectivity index (χ2v) is 5.72. The van der Waals surface area contributed by atoms with Crippen LogP contribution in [0.4, 0.5) is 0 Å². The quantitative estimate of drug-likeness (QED) is 0.683. The first-order valence-electron chi connectivity index (χ1n) is 6.69. The maximum atomic E-state index is 12.2. The molecule has 0 saturated carbocycles. The summed E-state index contributed by atoms with van der Waals surface area (Å²) in [5, 5.41) is 12.9. The third kappa shape index (κ3) is 4.32. The molecule has 1 rings (SSSR count). The largest absolute Gasteiger partial charge is 0.496 e. The topological polar surface area (TPSA) is 74.5 Å². The average Bonchev–Trinajstić information content (AvgIpc) is 2.42. The first-order chi connectivity index (χ1) is 9.81. The molecule has 21 heavy (non-hydrogen) atoms. The number of nitrogens with zero attached hydrogens (tertiary/aromatic N) is 2. The number of carbonyl (C=O) groups excluding carboxylic acids is 1. The summed E-state index contributed by atoms with van der Waals surface area (Å²) in [6, 6.07) is 7.33. The van der Waals surface area contributed by atoms with Crippen LogP contribution < -0.4 is 10.2 Å².